The van der Waals surface area contributed by atoms with E-state index in [0.717, 1.165) is 43.2 Å². The van der Waals surface area contributed by atoms with Crippen molar-refractivity contribution in [3.05, 3.63) is 150 Å². The first kappa shape index (κ1) is 87.2. The van der Waals surface area contributed by atoms with Gasteiger partial charge < -0.3 is 89.3 Å². The number of aromatic amines is 4. The third-order valence-corrected chi connectivity index (χ3v) is 25.3. The molecule has 54 nitrogen and oxygen atoms in total. The molecule has 23 atom stereocenters. The van der Waals surface area contributed by atoms with Gasteiger partial charge in [-0.2, -0.15) is 9.97 Å². The van der Waals surface area contributed by atoms with Gasteiger partial charge in [-0.25, -0.2) is 57.4 Å². The van der Waals surface area contributed by atoms with Crippen molar-refractivity contribution in [1.29, 1.82) is 0 Å². The van der Waals surface area contributed by atoms with Crippen LogP contribution < -0.4 is 62.2 Å². The zero-order valence-electron chi connectivity index (χ0n) is 61.8. The molecule has 8 aromatic rings. The smallest absolute Gasteiger partial charge is 0.394 e. The summed E-state index contributed by atoms with van der Waals surface area (Å²) in [5.41, 5.74) is 10.9. The third kappa shape index (κ3) is 19.8. The number of aryl methyl sites for hydroxylation is 3. The van der Waals surface area contributed by atoms with Crippen molar-refractivity contribution in [3.63, 3.8) is 0 Å². The molecule has 60 heteroatoms. The lowest BCUT2D eigenvalue weighted by molar-refractivity contribution is -0.0639. The zero-order chi connectivity index (χ0) is 85.3. The second-order valence-electron chi connectivity index (χ2n) is 27.8. The van der Waals surface area contributed by atoms with Crippen molar-refractivity contribution >= 4 is 89.7 Å². The molecule has 6 aliphatic heterocycles. The van der Waals surface area contributed by atoms with Crippen LogP contribution in [0.2, 0.25) is 0 Å². The molecule has 6 aliphatic rings. The van der Waals surface area contributed by atoms with E-state index in [9.17, 15) is 91.3 Å². The van der Waals surface area contributed by atoms with Crippen LogP contribution in [0.4, 0.5) is 17.6 Å². The summed E-state index contributed by atoms with van der Waals surface area (Å²) in [4.78, 5) is 192. The van der Waals surface area contributed by atoms with Gasteiger partial charge in [0.15, 0.2) is 22.6 Å². The average Bonchev–Trinajstić information content (AvgIpc) is 1.64. The van der Waals surface area contributed by atoms with E-state index in [-0.39, 0.29) is 75.9 Å². The van der Waals surface area contributed by atoms with Crippen LogP contribution in [0, 0.1) is 20.8 Å². The maximum Gasteiger partial charge on any atom is 0.472 e. The van der Waals surface area contributed by atoms with Gasteiger partial charge in [0, 0.05) is 80.0 Å². The monoisotopic (exact) mass is 1800 g/mol. The van der Waals surface area contributed by atoms with E-state index < -0.39 is 253 Å². The molecule has 0 saturated carbocycles. The molecular formula is C59H76N19O35P5S. The molecule has 5 unspecified atom stereocenters. The summed E-state index contributed by atoms with van der Waals surface area (Å²) in [5, 5.41) is 21.1. The molecule has 0 radical (unpaired) electrons. The number of aliphatic hydroxyl groups excluding tert-OH is 2. The van der Waals surface area contributed by atoms with Crippen LogP contribution in [0.3, 0.4) is 0 Å². The van der Waals surface area contributed by atoms with E-state index >= 15 is 0 Å². The number of hydrogen-bond acceptors (Lipinski definition) is 40. The number of ether oxygens (including phenoxy) is 6. The van der Waals surface area contributed by atoms with Gasteiger partial charge >= 0.3 is 60.8 Å². The first-order valence-electron chi connectivity index (χ1n) is 35.6. The van der Waals surface area contributed by atoms with Gasteiger partial charge in [0.2, 0.25) is 5.95 Å². The van der Waals surface area contributed by atoms with Gasteiger partial charge in [0.25, 0.3) is 22.2 Å². The summed E-state index contributed by atoms with van der Waals surface area (Å²) in [5.74, 6) is -0.551. The molecule has 6 saturated heterocycles. The van der Waals surface area contributed by atoms with Crippen LogP contribution in [-0.4, -0.2) is 225 Å². The molecule has 0 amide bonds. The van der Waals surface area contributed by atoms with Gasteiger partial charge in [0.1, 0.15) is 116 Å². The molecule has 0 aliphatic carbocycles. The van der Waals surface area contributed by atoms with E-state index in [4.69, 9.17) is 103 Å². The van der Waals surface area contributed by atoms with Gasteiger partial charge in [-0.3, -0.25) is 103 Å². The summed E-state index contributed by atoms with van der Waals surface area (Å²) in [6.45, 7) is -6.32. The fraction of sp³-hybridized carbons (Fsp3) is 0.559. The molecule has 8 aromatic heterocycles. The summed E-state index contributed by atoms with van der Waals surface area (Å²) in [7, 11) is -21.7. The Kier molecular flexibility index (Phi) is 25.4. The Morgan fingerprint density at radius 1 is 0.454 bits per heavy atom. The number of phosphoric acid groups is 4. The summed E-state index contributed by atoms with van der Waals surface area (Å²) in [6.07, 6.45) is -21.1. The molecular weight excluding hydrogens is 1720 g/mol. The van der Waals surface area contributed by atoms with Crippen LogP contribution in [0.25, 0.3) is 22.3 Å². The number of nitrogens with one attached hydrogen (secondary N) is 4. The molecule has 0 bridgehead atoms. The van der Waals surface area contributed by atoms with Gasteiger partial charge in [-0.1, -0.05) is 0 Å². The Morgan fingerprint density at radius 3 is 1.27 bits per heavy atom. The van der Waals surface area contributed by atoms with Crippen molar-refractivity contribution < 1.29 is 127 Å². The first-order chi connectivity index (χ1) is 56.1. The number of H-pyrrole nitrogens is 4. The predicted molar refractivity (Wildman–Crippen MR) is 398 cm³/mol. The first-order valence-corrected chi connectivity index (χ1v) is 44.2. The number of fused-ring (bicyclic) bond motifs is 2. The second kappa shape index (κ2) is 34.6. The van der Waals surface area contributed by atoms with Crippen LogP contribution in [-0.2, 0) is 104 Å². The molecule has 119 heavy (non-hydrogen) atoms. The Balaban J connectivity index is 0.656. The Morgan fingerprint density at radius 2 is 0.824 bits per heavy atom. The third-order valence-electron chi connectivity index (χ3n) is 19.6. The molecule has 14 heterocycles. The van der Waals surface area contributed by atoms with Crippen molar-refractivity contribution in [2.24, 2.45) is 0 Å². The Bertz CT molecular complexity index is 5940. The molecule has 14 rings (SSSR count). The molecule has 17 N–H and O–H groups in total. The Labute approximate surface area is 667 Å². The average molecular weight is 1800 g/mol. The number of aliphatic hydroxyl groups is 2. The largest absolute Gasteiger partial charge is 0.472 e. The number of aromatic nitrogens is 16. The van der Waals surface area contributed by atoms with Crippen LogP contribution in [0.1, 0.15) is 92.6 Å². The van der Waals surface area contributed by atoms with Crippen molar-refractivity contribution in [3.8, 4) is 0 Å². The predicted octanol–water partition coefficient (Wildman–Crippen LogP) is -2.76. The van der Waals surface area contributed by atoms with E-state index in [1.807, 2.05) is 0 Å². The van der Waals surface area contributed by atoms with Crippen LogP contribution >= 0.6 is 38.0 Å². The quantitative estimate of drug-likeness (QED) is 0.0190. The van der Waals surface area contributed by atoms with Gasteiger partial charge in [0.05, 0.1) is 64.5 Å². The van der Waals surface area contributed by atoms with Crippen molar-refractivity contribution in [2.75, 3.05) is 56.8 Å². The van der Waals surface area contributed by atoms with E-state index in [0.29, 0.717) is 0 Å². The van der Waals surface area contributed by atoms with E-state index in [2.05, 4.69) is 49.8 Å². The van der Waals surface area contributed by atoms with Crippen molar-refractivity contribution in [1.82, 2.24) is 77.2 Å². The Hall–Kier alpha value is -8.13. The SMILES string of the molecule is Cc1cn([C@H]2C[C@H](OP(=O)(O)OC[C@H]3O[C@@H](n4ccc(N)nc4=O)C[C@@H]3OP(=O)(O)OC[C@H]3O[C@@H](n4cnc5c(N)ncnc54)C[C@@H]3OP(=O)(O)OC[C@H]3O[C@@H](n4cc(C)c(=O)[nH]c4=O)C[C@@H]3O)[C@@H](COP(O)(=S)O[C@H]3C[C@H](n4cc(C)c(=O)[nH]c4=O)O[C@@H]3COP(=O)(O)O[C@H]3C[C@H](n4cnc5c(=O)[nH]c(N)nc54)O[C@@H]3CO)O2)c(=O)[nH]c1=O. The highest BCUT2D eigenvalue weighted by molar-refractivity contribution is 8.07. The highest BCUT2D eigenvalue weighted by Crippen LogP contribution is 2.56. The number of nitrogen functional groups attached to an aromatic ring is 3. The van der Waals surface area contributed by atoms with Crippen molar-refractivity contribution in [2.45, 2.75) is 170 Å². The number of hydrogen-bond donors (Lipinski definition) is 14. The number of phosphoric ester groups is 4. The maximum absolute atomic E-state index is 14.4. The molecule has 0 aromatic carbocycles. The molecule has 648 valence electrons. The number of anilines is 3. The number of nitrogens with two attached hydrogens (primary N) is 3. The molecule has 6 fully saturated rings. The minimum Gasteiger partial charge on any atom is -0.394 e. The lowest BCUT2D eigenvalue weighted by Gasteiger charge is -2.27. The maximum atomic E-state index is 14.4. The number of nitrogens with zero attached hydrogens (tertiary/aromatic N) is 12. The van der Waals surface area contributed by atoms with Crippen LogP contribution in [0.15, 0.2) is 88.2 Å². The summed E-state index contributed by atoms with van der Waals surface area (Å²) < 4.78 is 155. The number of imidazole rings is 2. The minimum atomic E-state index is -5.61. The lowest BCUT2D eigenvalue weighted by Crippen LogP contribution is -2.33. The van der Waals surface area contributed by atoms with E-state index in [1.165, 1.54) is 54.8 Å². The topological polar surface area (TPSA) is 742 Å². The van der Waals surface area contributed by atoms with Gasteiger partial charge in [-0.15, -0.1) is 0 Å². The lowest BCUT2D eigenvalue weighted by atomic mass is 10.2. The summed E-state index contributed by atoms with van der Waals surface area (Å²) >= 11 is 5.46. The van der Waals surface area contributed by atoms with Gasteiger partial charge in [-0.05, 0) is 38.6 Å². The standard InChI is InChI=1S/C59H76N19O35P5S/c1-24-12-74(57(86)70-51(24)81)40-6-27(80)34(104-40)16-98-114(89,90)112-31-10-44(77-22-65-46-48(61)63-21-64-49(46)77)108-36(31)18-100-116(93,94)110-29-8-41(73-5-4-39(60)67-56(73)85)105-35(29)17-99-117(95,96)111-30-9-42(75-13-25(2)52(82)71-58(75)87)107-38(30)20-102-118(97,119)113-32-11-43(76-14-26(3)53(83)72-59(76)88)106-37(32)19-101-115(91,92)109-28-7-45(103-33(28)15-79)78-23-66-47-50(78)68-55(62)69-54(47)84/h4-5,12-14,21-23,27-38,40-45,79-80H,6-11,15-20H2,1-3H3,(H,89,90)(H,91,92)(H,93,94)(H,95,96)(H,97,119)(H2,60,67,85)(H2,61,63,64)(H,70,81,86)(H,71,82,87)(H,72,83,88)(H3,62,68,69,84)/t27-,28-,29-,30-,31-,32-,33+,34+,35+,36+,37+,38+,40+,41+,42+,43+,44+,45+,118?/m0/s1. The van der Waals surface area contributed by atoms with E-state index in [1.54, 1.807) is 0 Å². The summed E-state index contributed by atoms with van der Waals surface area (Å²) in [6, 6.07) is 1.19. The zero-order valence-corrected chi connectivity index (χ0v) is 67.1. The highest BCUT2D eigenvalue weighted by Gasteiger charge is 2.51. The minimum absolute atomic E-state index is 0.0206. The second-order valence-corrected chi connectivity index (χ2v) is 36.2. The van der Waals surface area contributed by atoms with Crippen LogP contribution in [0.5, 0.6) is 0 Å². The fourth-order valence-electron chi connectivity index (χ4n) is 13.8. The number of rotatable bonds is 32. The molecule has 0 spiro atoms. The normalized spacial score (nSPS) is 29.8. The fourth-order valence-corrected chi connectivity index (χ4v) is 19.2. The highest BCUT2D eigenvalue weighted by atomic mass is 32.5.